The van der Waals surface area contributed by atoms with Crippen LogP contribution in [0, 0.1) is 5.41 Å². The summed E-state index contributed by atoms with van der Waals surface area (Å²) in [4.78, 5) is 10.7. The molecule has 0 aliphatic rings. The Labute approximate surface area is 112 Å². The first-order chi connectivity index (χ1) is 8.53. The number of nitrogens with one attached hydrogen (secondary N) is 1. The van der Waals surface area contributed by atoms with Crippen LogP contribution in [-0.2, 0) is 10.0 Å². The number of sulfonamides is 1. The molecule has 6 nitrogen and oxygen atoms in total. The lowest BCUT2D eigenvalue weighted by Crippen LogP contribution is -2.33. The molecular formula is C12H18N2O4S. The number of carboxylic acid groups (broad SMARTS) is 1. The number of rotatable bonds is 4. The van der Waals surface area contributed by atoms with Crippen LogP contribution in [0.4, 0.5) is 5.69 Å². The van der Waals surface area contributed by atoms with Crippen molar-refractivity contribution in [2.75, 3.05) is 12.3 Å². The van der Waals surface area contributed by atoms with Crippen LogP contribution in [0.3, 0.4) is 0 Å². The van der Waals surface area contributed by atoms with E-state index < -0.39 is 16.0 Å². The molecule has 106 valence electrons. The predicted octanol–water partition coefficient (Wildman–Crippen LogP) is 1.29. The van der Waals surface area contributed by atoms with Gasteiger partial charge in [-0.1, -0.05) is 20.8 Å². The molecule has 0 amide bonds. The first-order valence-electron chi connectivity index (χ1n) is 5.65. The molecule has 1 rings (SSSR count). The molecule has 19 heavy (non-hydrogen) atoms. The molecule has 0 radical (unpaired) electrons. The number of aromatic carboxylic acids is 1. The predicted molar refractivity (Wildman–Crippen MR) is 72.5 cm³/mol. The maximum atomic E-state index is 12.1. The average molecular weight is 286 g/mol. The summed E-state index contributed by atoms with van der Waals surface area (Å²) in [5, 5.41) is 9.01. The Morgan fingerprint density at radius 1 is 1.37 bits per heavy atom. The van der Waals surface area contributed by atoms with Crippen LogP contribution in [0.25, 0.3) is 0 Å². The largest absolute Gasteiger partial charge is 0.478 e. The summed E-state index contributed by atoms with van der Waals surface area (Å²) in [5.41, 5.74) is 5.17. The van der Waals surface area contributed by atoms with Gasteiger partial charge in [-0.25, -0.2) is 17.9 Å². The highest BCUT2D eigenvalue weighted by molar-refractivity contribution is 7.89. The molecular weight excluding hydrogens is 268 g/mol. The van der Waals surface area contributed by atoms with E-state index in [-0.39, 0.29) is 28.1 Å². The van der Waals surface area contributed by atoms with E-state index in [1.165, 1.54) is 12.1 Å². The molecule has 1 aromatic carbocycles. The molecule has 0 atom stereocenters. The van der Waals surface area contributed by atoms with Crippen molar-refractivity contribution in [3.8, 4) is 0 Å². The number of nitrogens with two attached hydrogens (primary N) is 1. The van der Waals surface area contributed by atoms with Gasteiger partial charge in [0.15, 0.2) is 0 Å². The van der Waals surface area contributed by atoms with Crippen molar-refractivity contribution in [2.24, 2.45) is 5.41 Å². The van der Waals surface area contributed by atoms with E-state index in [1.807, 2.05) is 20.8 Å². The number of hydrogen-bond acceptors (Lipinski definition) is 4. The molecule has 0 heterocycles. The maximum Gasteiger partial charge on any atom is 0.337 e. The summed E-state index contributed by atoms with van der Waals surface area (Å²) in [6.45, 7) is 5.80. The van der Waals surface area contributed by atoms with E-state index >= 15 is 0 Å². The Kier molecular flexibility index (Phi) is 4.21. The van der Waals surface area contributed by atoms with Gasteiger partial charge >= 0.3 is 5.97 Å². The summed E-state index contributed by atoms with van der Waals surface area (Å²) in [7, 11) is -3.90. The molecule has 0 spiro atoms. The fourth-order valence-corrected chi connectivity index (χ4v) is 2.84. The maximum absolute atomic E-state index is 12.1. The van der Waals surface area contributed by atoms with Crippen molar-refractivity contribution in [3.63, 3.8) is 0 Å². The monoisotopic (exact) mass is 286 g/mol. The van der Waals surface area contributed by atoms with E-state index in [9.17, 15) is 13.2 Å². The minimum atomic E-state index is -3.90. The highest BCUT2D eigenvalue weighted by atomic mass is 32.2. The number of carbonyl (C=O) groups is 1. The van der Waals surface area contributed by atoms with E-state index in [1.54, 1.807) is 0 Å². The molecule has 0 saturated heterocycles. The van der Waals surface area contributed by atoms with Gasteiger partial charge < -0.3 is 10.8 Å². The molecule has 0 fully saturated rings. The Hall–Kier alpha value is -1.60. The van der Waals surface area contributed by atoms with Gasteiger partial charge in [-0.15, -0.1) is 0 Å². The van der Waals surface area contributed by atoms with Gasteiger partial charge in [0, 0.05) is 12.2 Å². The van der Waals surface area contributed by atoms with Crippen molar-refractivity contribution < 1.29 is 18.3 Å². The van der Waals surface area contributed by atoms with Gasteiger partial charge in [0.2, 0.25) is 10.0 Å². The molecule has 0 bridgehead atoms. The molecule has 0 aliphatic heterocycles. The van der Waals surface area contributed by atoms with Gasteiger partial charge in [-0.05, 0) is 23.6 Å². The molecule has 0 saturated carbocycles. The third-order valence-electron chi connectivity index (χ3n) is 2.32. The van der Waals surface area contributed by atoms with Gasteiger partial charge in [-0.2, -0.15) is 0 Å². The summed E-state index contributed by atoms with van der Waals surface area (Å²) >= 11 is 0. The summed E-state index contributed by atoms with van der Waals surface area (Å²) < 4.78 is 26.6. The normalized spacial score (nSPS) is 12.4. The minimum absolute atomic E-state index is 0.195. The van der Waals surface area contributed by atoms with Crippen LogP contribution in [0.15, 0.2) is 23.1 Å². The second-order valence-electron chi connectivity index (χ2n) is 5.45. The molecule has 7 heteroatoms. The second-order valence-corrected chi connectivity index (χ2v) is 7.18. The summed E-state index contributed by atoms with van der Waals surface area (Å²) in [5.74, 6) is -1.31. The SMILES string of the molecule is CC(C)(C)CNS(=O)(=O)c1cc(N)ccc1C(=O)O. The zero-order chi connectivity index (χ0) is 14.8. The van der Waals surface area contributed by atoms with Gasteiger partial charge in [-0.3, -0.25) is 0 Å². The fourth-order valence-electron chi connectivity index (χ4n) is 1.33. The topological polar surface area (TPSA) is 109 Å². The highest BCUT2D eigenvalue weighted by Crippen LogP contribution is 2.20. The van der Waals surface area contributed by atoms with Crippen molar-refractivity contribution in [2.45, 2.75) is 25.7 Å². The smallest absolute Gasteiger partial charge is 0.337 e. The molecule has 0 unspecified atom stereocenters. The van der Waals surface area contributed by atoms with Gasteiger partial charge in [0.1, 0.15) is 0 Å². The molecule has 1 aromatic rings. The molecule has 0 aromatic heterocycles. The summed E-state index contributed by atoms with van der Waals surface area (Å²) in [6.07, 6.45) is 0. The van der Waals surface area contributed by atoms with Crippen LogP contribution < -0.4 is 10.5 Å². The van der Waals surface area contributed by atoms with E-state index in [0.717, 1.165) is 6.07 Å². The van der Waals surface area contributed by atoms with Crippen LogP contribution in [-0.4, -0.2) is 26.0 Å². The Bertz CT molecular complexity index is 588. The zero-order valence-electron chi connectivity index (χ0n) is 11.1. The average Bonchev–Trinajstić information content (AvgIpc) is 2.25. The third kappa shape index (κ3) is 4.22. The number of hydrogen-bond donors (Lipinski definition) is 3. The molecule has 4 N–H and O–H groups in total. The third-order valence-corrected chi connectivity index (χ3v) is 3.76. The molecule has 0 aliphatic carbocycles. The van der Waals surface area contributed by atoms with Crippen molar-refractivity contribution in [3.05, 3.63) is 23.8 Å². The minimum Gasteiger partial charge on any atom is -0.478 e. The summed E-state index contributed by atoms with van der Waals surface area (Å²) in [6, 6.07) is 3.68. The quantitative estimate of drug-likeness (QED) is 0.722. The van der Waals surface area contributed by atoms with Crippen molar-refractivity contribution in [1.29, 1.82) is 0 Å². The van der Waals surface area contributed by atoms with Gasteiger partial charge in [0.05, 0.1) is 10.5 Å². The Balaban J connectivity index is 3.21. The first-order valence-corrected chi connectivity index (χ1v) is 7.14. The fraction of sp³-hybridized carbons (Fsp3) is 0.417. The lowest BCUT2D eigenvalue weighted by Gasteiger charge is -2.19. The second kappa shape index (κ2) is 5.18. The van der Waals surface area contributed by atoms with Crippen LogP contribution in [0.1, 0.15) is 31.1 Å². The van der Waals surface area contributed by atoms with E-state index in [0.29, 0.717) is 0 Å². The lowest BCUT2D eigenvalue weighted by atomic mass is 9.98. The Morgan fingerprint density at radius 3 is 2.42 bits per heavy atom. The van der Waals surface area contributed by atoms with Crippen LogP contribution in [0.5, 0.6) is 0 Å². The van der Waals surface area contributed by atoms with Crippen LogP contribution >= 0.6 is 0 Å². The van der Waals surface area contributed by atoms with Crippen molar-refractivity contribution >= 4 is 21.7 Å². The van der Waals surface area contributed by atoms with E-state index in [4.69, 9.17) is 10.8 Å². The number of anilines is 1. The van der Waals surface area contributed by atoms with Gasteiger partial charge in [0.25, 0.3) is 0 Å². The first kappa shape index (κ1) is 15.5. The lowest BCUT2D eigenvalue weighted by molar-refractivity contribution is 0.0692. The van der Waals surface area contributed by atoms with Crippen molar-refractivity contribution in [1.82, 2.24) is 4.72 Å². The number of benzene rings is 1. The standard InChI is InChI=1S/C12H18N2O4S/c1-12(2,3)7-14-19(17,18)10-6-8(13)4-5-9(10)11(15)16/h4-6,14H,7,13H2,1-3H3,(H,15,16). The Morgan fingerprint density at radius 2 is 1.95 bits per heavy atom. The van der Waals surface area contributed by atoms with Crippen LogP contribution in [0.2, 0.25) is 0 Å². The highest BCUT2D eigenvalue weighted by Gasteiger charge is 2.24. The number of nitrogen functional groups attached to an aromatic ring is 1. The zero-order valence-corrected chi connectivity index (χ0v) is 11.9. The van der Waals surface area contributed by atoms with E-state index in [2.05, 4.69) is 4.72 Å². The number of carboxylic acids is 1.